The topological polar surface area (TPSA) is 58.9 Å². The van der Waals surface area contributed by atoms with E-state index in [4.69, 9.17) is 0 Å². The van der Waals surface area contributed by atoms with E-state index in [1.807, 2.05) is 0 Å². The molecule has 0 saturated heterocycles. The van der Waals surface area contributed by atoms with Gasteiger partial charge in [-0.1, -0.05) is 12.1 Å². The molecule has 0 unspecified atom stereocenters. The van der Waals surface area contributed by atoms with Gasteiger partial charge in [0, 0.05) is 0 Å². The first-order valence-electron chi connectivity index (χ1n) is 3.38. The van der Waals surface area contributed by atoms with Crippen LogP contribution in [0.25, 0.3) is 0 Å². The Labute approximate surface area is 67.3 Å². The lowest BCUT2D eigenvalue weighted by Gasteiger charge is -1.94. The SMILES string of the molecule is O=C1N=c2ccccc2=NC1=O. The van der Waals surface area contributed by atoms with E-state index in [1.54, 1.807) is 24.3 Å². The summed E-state index contributed by atoms with van der Waals surface area (Å²) in [6.07, 6.45) is 0. The summed E-state index contributed by atoms with van der Waals surface area (Å²) in [6.45, 7) is 0. The Balaban J connectivity index is 2.87. The van der Waals surface area contributed by atoms with Crippen molar-refractivity contribution in [2.75, 3.05) is 0 Å². The highest BCUT2D eigenvalue weighted by molar-refractivity contribution is 6.36. The summed E-state index contributed by atoms with van der Waals surface area (Å²) in [5.41, 5.74) is 0. The number of nitrogens with zero attached hydrogens (tertiary/aromatic N) is 2. The van der Waals surface area contributed by atoms with Crippen LogP contribution in [0.3, 0.4) is 0 Å². The number of hydrogen-bond acceptors (Lipinski definition) is 2. The predicted octanol–water partition coefficient (Wildman–Crippen LogP) is -1.01. The van der Waals surface area contributed by atoms with Crippen LogP contribution >= 0.6 is 0 Å². The van der Waals surface area contributed by atoms with Crippen molar-refractivity contribution in [2.45, 2.75) is 0 Å². The fourth-order valence-corrected chi connectivity index (χ4v) is 0.968. The predicted molar refractivity (Wildman–Crippen MR) is 38.8 cm³/mol. The highest BCUT2D eigenvalue weighted by Crippen LogP contribution is 1.83. The van der Waals surface area contributed by atoms with Crippen LogP contribution in [0.1, 0.15) is 0 Å². The molecule has 0 atom stereocenters. The van der Waals surface area contributed by atoms with Crippen molar-refractivity contribution < 1.29 is 9.59 Å². The molecule has 12 heavy (non-hydrogen) atoms. The van der Waals surface area contributed by atoms with Crippen LogP contribution < -0.4 is 10.7 Å². The molecule has 2 rings (SSSR count). The Morgan fingerprint density at radius 3 is 1.67 bits per heavy atom. The van der Waals surface area contributed by atoms with Crippen LogP contribution in [0, 0.1) is 0 Å². The first-order chi connectivity index (χ1) is 5.77. The average Bonchev–Trinajstić information content (AvgIpc) is 2.07. The number of amides is 2. The van der Waals surface area contributed by atoms with Gasteiger partial charge in [0.05, 0.1) is 10.7 Å². The molecular formula is C8H4N2O2. The summed E-state index contributed by atoms with van der Waals surface area (Å²) in [5, 5.41) is 0.921. The fraction of sp³-hybridized carbons (Fsp3) is 0. The van der Waals surface area contributed by atoms with E-state index in [2.05, 4.69) is 9.98 Å². The molecule has 0 saturated carbocycles. The minimum absolute atomic E-state index is 0.460. The van der Waals surface area contributed by atoms with Crippen LogP contribution in [-0.4, -0.2) is 11.8 Å². The molecule has 0 aliphatic carbocycles. The summed E-state index contributed by atoms with van der Waals surface area (Å²) >= 11 is 0. The molecule has 1 aromatic carbocycles. The quantitative estimate of drug-likeness (QED) is 0.457. The second kappa shape index (κ2) is 2.34. The van der Waals surface area contributed by atoms with Gasteiger partial charge in [-0.15, -0.1) is 0 Å². The lowest BCUT2D eigenvalue weighted by Crippen LogP contribution is -2.33. The monoisotopic (exact) mass is 160 g/mol. The summed E-state index contributed by atoms with van der Waals surface area (Å²) in [6, 6.07) is 6.76. The third-order valence-corrected chi connectivity index (χ3v) is 1.51. The number of carbonyl (C=O) groups excluding carboxylic acids is 2. The van der Waals surface area contributed by atoms with Crippen LogP contribution in [0.15, 0.2) is 34.3 Å². The lowest BCUT2D eigenvalue weighted by molar-refractivity contribution is -0.135. The summed E-state index contributed by atoms with van der Waals surface area (Å²) in [7, 11) is 0. The fourth-order valence-electron chi connectivity index (χ4n) is 0.968. The standard InChI is InChI=1S/C8H4N2O2/c11-7-8(12)10-6-4-2-1-3-5(6)9-7/h1-4H. The zero-order valence-corrected chi connectivity index (χ0v) is 6.02. The van der Waals surface area contributed by atoms with Gasteiger partial charge in [0.25, 0.3) is 0 Å². The maximum atomic E-state index is 10.7. The van der Waals surface area contributed by atoms with E-state index in [9.17, 15) is 9.59 Å². The van der Waals surface area contributed by atoms with E-state index in [-0.39, 0.29) is 0 Å². The van der Waals surface area contributed by atoms with Gasteiger partial charge >= 0.3 is 11.8 Å². The molecule has 0 N–H and O–H groups in total. The van der Waals surface area contributed by atoms with E-state index in [0.29, 0.717) is 10.7 Å². The maximum absolute atomic E-state index is 10.7. The molecule has 4 heteroatoms. The number of para-hydroxylation sites is 2. The van der Waals surface area contributed by atoms with E-state index < -0.39 is 11.8 Å². The number of benzene rings is 1. The zero-order valence-electron chi connectivity index (χ0n) is 6.02. The first kappa shape index (κ1) is 6.84. The van der Waals surface area contributed by atoms with Crippen LogP contribution in [0.5, 0.6) is 0 Å². The molecule has 1 aliphatic rings. The molecule has 0 bridgehead atoms. The number of carbonyl (C=O) groups is 2. The molecule has 2 amide bonds. The Kier molecular flexibility index (Phi) is 1.33. The van der Waals surface area contributed by atoms with E-state index >= 15 is 0 Å². The van der Waals surface area contributed by atoms with Gasteiger partial charge in [-0.2, -0.15) is 0 Å². The Hall–Kier alpha value is -1.84. The van der Waals surface area contributed by atoms with Crippen molar-refractivity contribution in [3.63, 3.8) is 0 Å². The van der Waals surface area contributed by atoms with Crippen molar-refractivity contribution >= 4 is 11.8 Å². The number of fused-ring (bicyclic) bond motifs is 1. The molecule has 1 heterocycles. The molecule has 4 nitrogen and oxygen atoms in total. The van der Waals surface area contributed by atoms with Gasteiger partial charge in [-0.3, -0.25) is 9.59 Å². The normalized spacial score (nSPS) is 14.7. The number of rotatable bonds is 0. The molecule has 0 aromatic heterocycles. The zero-order chi connectivity index (χ0) is 8.55. The Morgan fingerprint density at radius 2 is 1.25 bits per heavy atom. The second-order valence-electron chi connectivity index (χ2n) is 2.32. The van der Waals surface area contributed by atoms with Crippen molar-refractivity contribution in [3.05, 3.63) is 35.0 Å². The lowest BCUT2D eigenvalue weighted by atomic mass is 10.3. The van der Waals surface area contributed by atoms with Gasteiger partial charge in [0.2, 0.25) is 0 Å². The molecule has 0 spiro atoms. The van der Waals surface area contributed by atoms with Gasteiger partial charge in [-0.25, -0.2) is 9.98 Å². The highest BCUT2D eigenvalue weighted by atomic mass is 16.2. The van der Waals surface area contributed by atoms with Gasteiger partial charge in [-0.05, 0) is 12.1 Å². The van der Waals surface area contributed by atoms with Crippen molar-refractivity contribution in [3.8, 4) is 0 Å². The second-order valence-corrected chi connectivity index (χ2v) is 2.32. The Morgan fingerprint density at radius 1 is 0.833 bits per heavy atom. The van der Waals surface area contributed by atoms with Crippen LogP contribution in [-0.2, 0) is 9.59 Å². The molecule has 0 radical (unpaired) electrons. The first-order valence-corrected chi connectivity index (χ1v) is 3.38. The molecule has 1 aliphatic heterocycles. The molecule has 0 fully saturated rings. The summed E-state index contributed by atoms with van der Waals surface area (Å²) < 4.78 is 0. The van der Waals surface area contributed by atoms with E-state index in [0.717, 1.165) is 0 Å². The van der Waals surface area contributed by atoms with Gasteiger partial charge in [0.1, 0.15) is 0 Å². The average molecular weight is 160 g/mol. The number of hydrogen-bond donors (Lipinski definition) is 0. The van der Waals surface area contributed by atoms with Crippen molar-refractivity contribution in [1.82, 2.24) is 0 Å². The molecule has 1 aromatic rings. The third kappa shape index (κ3) is 0.934. The van der Waals surface area contributed by atoms with Crippen LogP contribution in [0.2, 0.25) is 0 Å². The van der Waals surface area contributed by atoms with Crippen LogP contribution in [0.4, 0.5) is 0 Å². The van der Waals surface area contributed by atoms with Crippen molar-refractivity contribution in [1.29, 1.82) is 0 Å². The van der Waals surface area contributed by atoms with Gasteiger partial charge in [0.15, 0.2) is 0 Å². The molecular weight excluding hydrogens is 156 g/mol. The smallest absolute Gasteiger partial charge is 0.261 e. The van der Waals surface area contributed by atoms with E-state index in [1.165, 1.54) is 0 Å². The van der Waals surface area contributed by atoms with Gasteiger partial charge < -0.3 is 0 Å². The molecule has 58 valence electrons. The largest absolute Gasteiger partial charge is 0.338 e. The van der Waals surface area contributed by atoms with Crippen molar-refractivity contribution in [2.24, 2.45) is 9.98 Å². The summed E-state index contributed by atoms with van der Waals surface area (Å²) in [4.78, 5) is 28.6. The third-order valence-electron chi connectivity index (χ3n) is 1.51. The minimum atomic E-state index is -0.797. The summed E-state index contributed by atoms with van der Waals surface area (Å²) in [5.74, 6) is -1.59. The Bertz CT molecular complexity index is 431. The minimum Gasteiger partial charge on any atom is -0.261 e. The maximum Gasteiger partial charge on any atom is 0.338 e. The highest BCUT2D eigenvalue weighted by Gasteiger charge is 2.13.